The molecule has 0 fully saturated rings. The first kappa shape index (κ1) is 14.7. The van der Waals surface area contributed by atoms with Crippen molar-refractivity contribution < 1.29 is 24.5 Å². The fourth-order valence-corrected chi connectivity index (χ4v) is 1.03. The number of aliphatic hydroxyl groups excluding tert-OH is 1. The van der Waals surface area contributed by atoms with Crippen molar-refractivity contribution in [3.05, 3.63) is 0 Å². The number of carboxylic acids is 1. The topological polar surface area (TPSA) is 108 Å². The molecule has 94 valence electrons. The number of hydrogen-bond acceptors (Lipinski definition) is 4. The van der Waals surface area contributed by atoms with Gasteiger partial charge >= 0.3 is 12.0 Å². The summed E-state index contributed by atoms with van der Waals surface area (Å²) in [5, 5.41) is 22.0. The Morgan fingerprint density at radius 3 is 2.38 bits per heavy atom. The molecule has 0 radical (unpaired) electrons. The third-order valence-corrected chi connectivity index (χ3v) is 1.98. The van der Waals surface area contributed by atoms with Gasteiger partial charge in [0.25, 0.3) is 0 Å². The van der Waals surface area contributed by atoms with Crippen LogP contribution in [0.1, 0.15) is 13.3 Å². The van der Waals surface area contributed by atoms with Crippen molar-refractivity contribution in [3.63, 3.8) is 0 Å². The SMILES string of the molecule is CCC(COC)NC(=O)N[C@H](CO)C(=O)O. The smallest absolute Gasteiger partial charge is 0.328 e. The normalized spacial score (nSPS) is 13.9. The highest BCUT2D eigenvalue weighted by Gasteiger charge is 2.19. The van der Waals surface area contributed by atoms with E-state index < -0.39 is 24.6 Å². The summed E-state index contributed by atoms with van der Waals surface area (Å²) in [5.41, 5.74) is 0. The van der Waals surface area contributed by atoms with Crippen LogP contribution in [0.5, 0.6) is 0 Å². The van der Waals surface area contributed by atoms with Gasteiger partial charge in [-0.2, -0.15) is 0 Å². The molecule has 0 aliphatic rings. The van der Waals surface area contributed by atoms with Crippen LogP contribution in [0.3, 0.4) is 0 Å². The van der Waals surface area contributed by atoms with E-state index in [-0.39, 0.29) is 6.04 Å². The number of carbonyl (C=O) groups is 2. The fraction of sp³-hybridized carbons (Fsp3) is 0.778. The van der Waals surface area contributed by atoms with E-state index in [1.54, 1.807) is 0 Å². The van der Waals surface area contributed by atoms with Crippen molar-refractivity contribution in [2.45, 2.75) is 25.4 Å². The zero-order valence-electron chi connectivity index (χ0n) is 9.40. The molecule has 7 nitrogen and oxygen atoms in total. The minimum Gasteiger partial charge on any atom is -0.480 e. The molecule has 0 rings (SSSR count). The number of aliphatic carboxylic acids is 1. The molecule has 0 aromatic heterocycles. The van der Waals surface area contributed by atoms with E-state index in [2.05, 4.69) is 10.6 Å². The highest BCUT2D eigenvalue weighted by Crippen LogP contribution is 1.91. The molecular formula is C9H18N2O5. The number of aliphatic hydroxyl groups is 1. The Hall–Kier alpha value is -1.34. The maximum atomic E-state index is 11.3. The minimum absolute atomic E-state index is 0.182. The van der Waals surface area contributed by atoms with E-state index in [0.29, 0.717) is 13.0 Å². The Balaban J connectivity index is 4.09. The summed E-state index contributed by atoms with van der Waals surface area (Å²) in [7, 11) is 1.51. The number of rotatable bonds is 7. The molecule has 0 aliphatic carbocycles. The van der Waals surface area contributed by atoms with Crippen LogP contribution in [0, 0.1) is 0 Å². The van der Waals surface area contributed by atoms with Gasteiger partial charge in [0, 0.05) is 7.11 Å². The molecule has 0 spiro atoms. The third-order valence-electron chi connectivity index (χ3n) is 1.98. The molecule has 4 N–H and O–H groups in total. The summed E-state index contributed by atoms with van der Waals surface area (Å²) >= 11 is 0. The van der Waals surface area contributed by atoms with Gasteiger partial charge in [-0.05, 0) is 6.42 Å². The van der Waals surface area contributed by atoms with Crippen molar-refractivity contribution in [3.8, 4) is 0 Å². The maximum absolute atomic E-state index is 11.3. The van der Waals surface area contributed by atoms with E-state index in [1.165, 1.54) is 7.11 Å². The first-order valence-electron chi connectivity index (χ1n) is 4.94. The summed E-state index contributed by atoms with van der Waals surface area (Å²) in [6.45, 7) is 1.56. The number of nitrogens with one attached hydrogen (secondary N) is 2. The maximum Gasteiger partial charge on any atom is 0.328 e. The van der Waals surface area contributed by atoms with Gasteiger partial charge in [-0.25, -0.2) is 9.59 Å². The Bertz CT molecular complexity index is 234. The van der Waals surface area contributed by atoms with Gasteiger partial charge in [0.05, 0.1) is 19.3 Å². The predicted octanol–water partition coefficient (Wildman–Crippen LogP) is -0.844. The molecule has 0 aromatic carbocycles. The first-order chi connectivity index (χ1) is 7.54. The van der Waals surface area contributed by atoms with Crippen LogP contribution in [0.25, 0.3) is 0 Å². The van der Waals surface area contributed by atoms with E-state index in [9.17, 15) is 9.59 Å². The molecule has 0 aromatic rings. The van der Waals surface area contributed by atoms with Crippen molar-refractivity contribution in [2.24, 2.45) is 0 Å². The number of carbonyl (C=O) groups excluding carboxylic acids is 1. The second-order valence-electron chi connectivity index (χ2n) is 3.25. The number of ether oxygens (including phenoxy) is 1. The number of urea groups is 1. The molecule has 0 bridgehead atoms. The second-order valence-corrected chi connectivity index (χ2v) is 3.25. The Kier molecular flexibility index (Phi) is 7.23. The van der Waals surface area contributed by atoms with Crippen LogP contribution < -0.4 is 10.6 Å². The van der Waals surface area contributed by atoms with Gasteiger partial charge in [0.15, 0.2) is 6.04 Å². The molecule has 16 heavy (non-hydrogen) atoms. The zero-order chi connectivity index (χ0) is 12.6. The molecule has 0 heterocycles. The summed E-state index contributed by atoms with van der Waals surface area (Å²) < 4.78 is 4.87. The van der Waals surface area contributed by atoms with Gasteiger partial charge in [0.2, 0.25) is 0 Å². The quantitative estimate of drug-likeness (QED) is 0.459. The lowest BCUT2D eigenvalue weighted by atomic mass is 10.2. The lowest BCUT2D eigenvalue weighted by Crippen LogP contribution is -2.51. The first-order valence-corrected chi connectivity index (χ1v) is 4.94. The van der Waals surface area contributed by atoms with Crippen LogP contribution in [0.15, 0.2) is 0 Å². The van der Waals surface area contributed by atoms with E-state index in [1.807, 2.05) is 6.92 Å². The summed E-state index contributed by atoms with van der Waals surface area (Å²) in [6.07, 6.45) is 0.665. The zero-order valence-corrected chi connectivity index (χ0v) is 9.40. The molecule has 0 saturated carbocycles. The number of amides is 2. The van der Waals surface area contributed by atoms with Crippen molar-refractivity contribution >= 4 is 12.0 Å². The summed E-state index contributed by atoms with van der Waals surface area (Å²) in [4.78, 5) is 21.8. The van der Waals surface area contributed by atoms with Gasteiger partial charge in [0.1, 0.15) is 0 Å². The van der Waals surface area contributed by atoms with Gasteiger partial charge < -0.3 is 25.6 Å². The van der Waals surface area contributed by atoms with Gasteiger partial charge in [-0.15, -0.1) is 0 Å². The highest BCUT2D eigenvalue weighted by molar-refractivity contribution is 5.82. The molecule has 0 saturated heterocycles. The van der Waals surface area contributed by atoms with Gasteiger partial charge in [-0.3, -0.25) is 0 Å². The second kappa shape index (κ2) is 7.89. The average molecular weight is 234 g/mol. The third kappa shape index (κ3) is 5.52. The van der Waals surface area contributed by atoms with E-state index in [0.717, 1.165) is 0 Å². The Morgan fingerprint density at radius 2 is 2.00 bits per heavy atom. The molecule has 1 unspecified atom stereocenters. The lowest BCUT2D eigenvalue weighted by Gasteiger charge is -2.18. The molecule has 0 aliphatic heterocycles. The van der Waals surface area contributed by atoms with Gasteiger partial charge in [-0.1, -0.05) is 6.92 Å². The van der Waals surface area contributed by atoms with Crippen LogP contribution in [-0.2, 0) is 9.53 Å². The Morgan fingerprint density at radius 1 is 1.38 bits per heavy atom. The summed E-state index contributed by atoms with van der Waals surface area (Å²) in [6, 6.07) is -2.11. The average Bonchev–Trinajstić information content (AvgIpc) is 2.24. The van der Waals surface area contributed by atoms with E-state index in [4.69, 9.17) is 14.9 Å². The van der Waals surface area contributed by atoms with Crippen LogP contribution in [0.2, 0.25) is 0 Å². The standard InChI is InChI=1S/C9H18N2O5/c1-3-6(5-16-2)10-9(15)11-7(4-12)8(13)14/h6-7,12H,3-5H2,1-2H3,(H,13,14)(H2,10,11,15)/t6?,7-/m1/s1. The monoisotopic (exact) mass is 234 g/mol. The molecule has 7 heteroatoms. The van der Waals surface area contributed by atoms with Crippen molar-refractivity contribution in [1.29, 1.82) is 0 Å². The largest absolute Gasteiger partial charge is 0.480 e. The van der Waals surface area contributed by atoms with Crippen LogP contribution in [0.4, 0.5) is 4.79 Å². The predicted molar refractivity (Wildman–Crippen MR) is 56.1 cm³/mol. The van der Waals surface area contributed by atoms with Crippen LogP contribution >= 0.6 is 0 Å². The number of hydrogen-bond donors (Lipinski definition) is 4. The molecule has 2 amide bonds. The van der Waals surface area contributed by atoms with Crippen molar-refractivity contribution in [2.75, 3.05) is 20.3 Å². The minimum atomic E-state index is -1.29. The summed E-state index contributed by atoms with van der Waals surface area (Å²) in [5.74, 6) is -1.28. The van der Waals surface area contributed by atoms with Crippen molar-refractivity contribution in [1.82, 2.24) is 10.6 Å². The lowest BCUT2D eigenvalue weighted by molar-refractivity contribution is -0.140. The number of methoxy groups -OCH3 is 1. The fourth-order valence-electron chi connectivity index (χ4n) is 1.03. The van der Waals surface area contributed by atoms with Crippen LogP contribution in [-0.4, -0.2) is 54.6 Å². The molecular weight excluding hydrogens is 216 g/mol. The number of carboxylic acid groups (broad SMARTS) is 1. The van der Waals surface area contributed by atoms with E-state index >= 15 is 0 Å². The Labute approximate surface area is 93.8 Å². The molecule has 2 atom stereocenters. The highest BCUT2D eigenvalue weighted by atomic mass is 16.5.